The van der Waals surface area contributed by atoms with Crippen LogP contribution >= 0.6 is 0 Å². The van der Waals surface area contributed by atoms with E-state index in [2.05, 4.69) is 20.7 Å². The van der Waals surface area contributed by atoms with E-state index in [1.165, 1.54) is 12.4 Å². The predicted octanol–water partition coefficient (Wildman–Crippen LogP) is 3.20. The number of nitrogens with one attached hydrogen (secondary N) is 2. The van der Waals surface area contributed by atoms with Crippen LogP contribution in [0.1, 0.15) is 43.9 Å². The van der Waals surface area contributed by atoms with Crippen molar-refractivity contribution < 1.29 is 4.39 Å². The Morgan fingerprint density at radius 3 is 2.38 bits per heavy atom. The number of hydrogen-bond acceptors (Lipinski definition) is 5. The number of halogens is 1. The summed E-state index contributed by atoms with van der Waals surface area (Å²) in [6.07, 6.45) is 1.43. The molecule has 0 saturated carbocycles. The maximum Gasteiger partial charge on any atom is 0.148 e. The smallest absolute Gasteiger partial charge is 0.148 e. The summed E-state index contributed by atoms with van der Waals surface area (Å²) in [5, 5.41) is 3.24. The highest BCUT2D eigenvalue weighted by Crippen LogP contribution is 2.30. The Morgan fingerprint density at radius 2 is 1.76 bits per heavy atom. The maximum atomic E-state index is 13.8. The van der Waals surface area contributed by atoms with Gasteiger partial charge in [-0.2, -0.15) is 0 Å². The largest absolute Gasteiger partial charge is 0.363 e. The molecule has 0 saturated heterocycles. The van der Waals surface area contributed by atoms with Gasteiger partial charge < -0.3 is 10.7 Å². The van der Waals surface area contributed by atoms with Gasteiger partial charge in [0.2, 0.25) is 0 Å². The first kappa shape index (κ1) is 15.2. The van der Waals surface area contributed by atoms with Crippen molar-refractivity contribution in [2.45, 2.75) is 32.7 Å². The minimum absolute atomic E-state index is 0.174. The van der Waals surface area contributed by atoms with Crippen molar-refractivity contribution in [1.29, 1.82) is 0 Å². The molecule has 1 aromatic heterocycles. The van der Waals surface area contributed by atoms with E-state index >= 15 is 0 Å². The van der Waals surface area contributed by atoms with Gasteiger partial charge in [0.05, 0.1) is 6.04 Å². The summed E-state index contributed by atoms with van der Waals surface area (Å²) >= 11 is 0. The van der Waals surface area contributed by atoms with Gasteiger partial charge in [0.1, 0.15) is 23.8 Å². The second-order valence-corrected chi connectivity index (χ2v) is 5.17. The average Bonchev–Trinajstić information content (AvgIpc) is 2.46. The minimum atomic E-state index is -0.241. The van der Waals surface area contributed by atoms with Crippen LogP contribution in [0.25, 0.3) is 0 Å². The molecule has 6 heteroatoms. The number of nitrogens with two attached hydrogens (primary N) is 1. The Kier molecular flexibility index (Phi) is 4.70. The molecule has 2 rings (SSSR count). The summed E-state index contributed by atoms with van der Waals surface area (Å²) in [6.45, 7) is 5.94. The SMILES string of the molecule is CC(C)c1c(NN)ncnc1NC(C)c1ccccc1F. The molecule has 2 aromatic rings. The molecule has 0 amide bonds. The highest BCUT2D eigenvalue weighted by atomic mass is 19.1. The average molecular weight is 289 g/mol. The van der Waals surface area contributed by atoms with Crippen LogP contribution in [0, 0.1) is 5.82 Å². The normalized spacial score (nSPS) is 12.3. The Bertz CT molecular complexity index is 615. The number of benzene rings is 1. The molecule has 112 valence electrons. The van der Waals surface area contributed by atoms with Crippen molar-refractivity contribution >= 4 is 11.6 Å². The number of hydrazine groups is 1. The van der Waals surface area contributed by atoms with E-state index in [1.807, 2.05) is 26.8 Å². The van der Waals surface area contributed by atoms with Crippen molar-refractivity contribution in [3.05, 3.63) is 47.5 Å². The topological polar surface area (TPSA) is 75.9 Å². The van der Waals surface area contributed by atoms with Crippen LogP contribution < -0.4 is 16.6 Å². The zero-order valence-electron chi connectivity index (χ0n) is 12.4. The van der Waals surface area contributed by atoms with Crippen LogP contribution in [0.2, 0.25) is 0 Å². The minimum Gasteiger partial charge on any atom is -0.363 e. The third kappa shape index (κ3) is 3.28. The van der Waals surface area contributed by atoms with Crippen molar-refractivity contribution in [3.63, 3.8) is 0 Å². The summed E-state index contributed by atoms with van der Waals surface area (Å²) in [5.41, 5.74) is 4.05. The summed E-state index contributed by atoms with van der Waals surface area (Å²) in [4.78, 5) is 8.38. The molecular formula is C15H20FN5. The highest BCUT2D eigenvalue weighted by Gasteiger charge is 2.17. The molecule has 0 aliphatic rings. The Balaban J connectivity index is 2.33. The second kappa shape index (κ2) is 6.49. The van der Waals surface area contributed by atoms with E-state index in [1.54, 1.807) is 12.1 Å². The fourth-order valence-electron chi connectivity index (χ4n) is 2.28. The van der Waals surface area contributed by atoms with Crippen molar-refractivity contribution in [1.82, 2.24) is 9.97 Å². The predicted molar refractivity (Wildman–Crippen MR) is 82.4 cm³/mol. The molecule has 1 atom stereocenters. The quantitative estimate of drug-likeness (QED) is 0.582. The van der Waals surface area contributed by atoms with Gasteiger partial charge in [-0.25, -0.2) is 20.2 Å². The lowest BCUT2D eigenvalue weighted by Gasteiger charge is -2.20. The standard InChI is InChI=1S/C15H20FN5/c1-9(2)13-14(18-8-19-15(13)21-17)20-10(3)11-6-4-5-7-12(11)16/h4-10H,17H2,1-3H3,(H2,18,19,20,21). The van der Waals surface area contributed by atoms with Gasteiger partial charge in [-0.1, -0.05) is 32.0 Å². The molecular weight excluding hydrogens is 269 g/mol. The highest BCUT2D eigenvalue weighted by molar-refractivity contribution is 5.59. The molecule has 1 unspecified atom stereocenters. The first-order chi connectivity index (χ1) is 10.0. The van der Waals surface area contributed by atoms with Gasteiger partial charge >= 0.3 is 0 Å². The third-order valence-electron chi connectivity index (χ3n) is 3.32. The number of nitrogens with zero attached hydrogens (tertiary/aromatic N) is 2. The monoisotopic (exact) mass is 289 g/mol. The zero-order valence-corrected chi connectivity index (χ0v) is 12.4. The summed E-state index contributed by atoms with van der Waals surface area (Å²) in [5.74, 6) is 6.66. The molecule has 0 aliphatic heterocycles. The Labute approximate surface area is 123 Å². The van der Waals surface area contributed by atoms with E-state index in [0.29, 0.717) is 17.2 Å². The van der Waals surface area contributed by atoms with Gasteiger partial charge in [-0.15, -0.1) is 0 Å². The molecule has 0 aliphatic carbocycles. The van der Waals surface area contributed by atoms with Gasteiger partial charge in [0.25, 0.3) is 0 Å². The van der Waals surface area contributed by atoms with Gasteiger partial charge in [-0.05, 0) is 18.9 Å². The van der Waals surface area contributed by atoms with Crippen molar-refractivity contribution in [3.8, 4) is 0 Å². The number of nitrogen functional groups attached to an aromatic ring is 1. The van der Waals surface area contributed by atoms with E-state index in [-0.39, 0.29) is 17.8 Å². The number of aromatic nitrogens is 2. The van der Waals surface area contributed by atoms with Crippen molar-refractivity contribution in [2.75, 3.05) is 10.7 Å². The molecule has 4 N–H and O–H groups in total. The number of rotatable bonds is 5. The van der Waals surface area contributed by atoms with Crippen LogP contribution in [0.3, 0.4) is 0 Å². The fourth-order valence-corrected chi connectivity index (χ4v) is 2.28. The lowest BCUT2D eigenvalue weighted by Crippen LogP contribution is -2.17. The number of hydrogen-bond donors (Lipinski definition) is 3. The summed E-state index contributed by atoms with van der Waals surface area (Å²) in [7, 11) is 0. The second-order valence-electron chi connectivity index (χ2n) is 5.17. The lowest BCUT2D eigenvalue weighted by atomic mass is 10.0. The summed E-state index contributed by atoms with van der Waals surface area (Å²) < 4.78 is 13.8. The van der Waals surface area contributed by atoms with Crippen LogP contribution in [-0.4, -0.2) is 9.97 Å². The lowest BCUT2D eigenvalue weighted by molar-refractivity contribution is 0.599. The maximum absolute atomic E-state index is 13.8. The molecule has 21 heavy (non-hydrogen) atoms. The van der Waals surface area contributed by atoms with E-state index in [0.717, 1.165) is 5.56 Å². The first-order valence-electron chi connectivity index (χ1n) is 6.87. The number of anilines is 2. The van der Waals surface area contributed by atoms with Gasteiger partial charge in [0, 0.05) is 11.1 Å². The molecule has 5 nitrogen and oxygen atoms in total. The molecule has 1 heterocycles. The molecule has 0 spiro atoms. The van der Waals surface area contributed by atoms with Crippen LogP contribution in [-0.2, 0) is 0 Å². The van der Waals surface area contributed by atoms with E-state index in [4.69, 9.17) is 5.84 Å². The van der Waals surface area contributed by atoms with Gasteiger partial charge in [0.15, 0.2) is 0 Å². The molecule has 0 radical (unpaired) electrons. The zero-order chi connectivity index (χ0) is 15.4. The van der Waals surface area contributed by atoms with E-state index in [9.17, 15) is 4.39 Å². The van der Waals surface area contributed by atoms with Crippen LogP contribution in [0.4, 0.5) is 16.0 Å². The van der Waals surface area contributed by atoms with E-state index < -0.39 is 0 Å². The third-order valence-corrected chi connectivity index (χ3v) is 3.32. The Hall–Kier alpha value is -2.21. The first-order valence-corrected chi connectivity index (χ1v) is 6.87. The fraction of sp³-hybridized carbons (Fsp3) is 0.333. The van der Waals surface area contributed by atoms with Crippen molar-refractivity contribution in [2.24, 2.45) is 5.84 Å². The van der Waals surface area contributed by atoms with Gasteiger partial charge in [-0.3, -0.25) is 0 Å². The van der Waals surface area contributed by atoms with Crippen LogP contribution in [0.5, 0.6) is 0 Å². The molecule has 0 fully saturated rings. The summed E-state index contributed by atoms with van der Waals surface area (Å²) in [6, 6.07) is 6.47. The Morgan fingerprint density at radius 1 is 1.10 bits per heavy atom. The van der Waals surface area contributed by atoms with Crippen LogP contribution in [0.15, 0.2) is 30.6 Å². The molecule has 1 aromatic carbocycles. The molecule has 0 bridgehead atoms.